The van der Waals surface area contributed by atoms with Crippen LogP contribution in [0.1, 0.15) is 11.3 Å². The lowest BCUT2D eigenvalue weighted by molar-refractivity contribution is -0.142. The smallest absolute Gasteiger partial charge is 0.331 e. The number of hydrogen-bond acceptors (Lipinski definition) is 5. The van der Waals surface area contributed by atoms with Crippen molar-refractivity contribution < 1.29 is 18.8 Å². The second-order valence-electron chi connectivity index (χ2n) is 4.37. The molecular weight excluding hydrogens is 308 g/mol. The van der Waals surface area contributed by atoms with Crippen molar-refractivity contribution in [2.24, 2.45) is 0 Å². The van der Waals surface area contributed by atoms with Crippen molar-refractivity contribution >= 4 is 35.4 Å². The maximum atomic E-state index is 11.5. The average molecular weight is 321 g/mol. The van der Waals surface area contributed by atoms with Gasteiger partial charge in [0, 0.05) is 17.2 Å². The molecule has 1 aromatic heterocycles. The highest BCUT2D eigenvalue weighted by Crippen LogP contribution is 2.11. The van der Waals surface area contributed by atoms with Gasteiger partial charge >= 0.3 is 5.97 Å². The van der Waals surface area contributed by atoms with Crippen LogP contribution in [0, 0.1) is 6.92 Å². The van der Waals surface area contributed by atoms with E-state index in [2.05, 4.69) is 10.5 Å². The number of nitrogens with one attached hydrogen (secondary N) is 1. The molecule has 0 aliphatic rings. The number of rotatable bonds is 5. The molecule has 6 nitrogen and oxygen atoms in total. The van der Waals surface area contributed by atoms with Gasteiger partial charge in [-0.2, -0.15) is 0 Å². The second-order valence-corrected chi connectivity index (χ2v) is 4.80. The highest BCUT2D eigenvalue weighted by molar-refractivity contribution is 6.30. The van der Waals surface area contributed by atoms with Crippen molar-refractivity contribution in [1.82, 2.24) is 5.16 Å². The van der Waals surface area contributed by atoms with Gasteiger partial charge in [-0.25, -0.2) is 4.79 Å². The van der Waals surface area contributed by atoms with Gasteiger partial charge in [-0.1, -0.05) is 28.9 Å². The minimum Gasteiger partial charge on any atom is -0.452 e. The summed E-state index contributed by atoms with van der Waals surface area (Å²) in [5, 5.41) is 6.60. The van der Waals surface area contributed by atoms with Crippen LogP contribution in [-0.4, -0.2) is 23.6 Å². The van der Waals surface area contributed by atoms with Crippen LogP contribution in [0.3, 0.4) is 0 Å². The van der Waals surface area contributed by atoms with Crippen molar-refractivity contribution in [3.63, 3.8) is 0 Å². The van der Waals surface area contributed by atoms with Crippen LogP contribution in [-0.2, 0) is 14.3 Å². The summed E-state index contributed by atoms with van der Waals surface area (Å²) in [6.07, 6.45) is 2.77. The molecule has 0 radical (unpaired) electrons. The Hall–Kier alpha value is -2.60. The first-order valence-corrected chi connectivity index (χ1v) is 6.74. The molecule has 0 unspecified atom stereocenters. The van der Waals surface area contributed by atoms with Crippen LogP contribution in [0.5, 0.6) is 0 Å². The van der Waals surface area contributed by atoms with Crippen molar-refractivity contribution in [2.75, 3.05) is 11.9 Å². The van der Waals surface area contributed by atoms with Gasteiger partial charge in [0.25, 0.3) is 5.91 Å². The molecule has 0 saturated heterocycles. The molecule has 7 heteroatoms. The van der Waals surface area contributed by atoms with Gasteiger partial charge < -0.3 is 14.6 Å². The number of benzene rings is 1. The van der Waals surface area contributed by atoms with Crippen LogP contribution in [0.15, 0.2) is 40.9 Å². The Bertz CT molecular complexity index is 709. The molecular formula is C15H13ClN2O4. The highest BCUT2D eigenvalue weighted by Gasteiger charge is 2.08. The number of carbonyl (C=O) groups is 2. The van der Waals surface area contributed by atoms with E-state index >= 15 is 0 Å². The van der Waals surface area contributed by atoms with E-state index in [9.17, 15) is 9.59 Å². The van der Waals surface area contributed by atoms with E-state index in [1.807, 2.05) is 0 Å². The largest absolute Gasteiger partial charge is 0.452 e. The molecule has 1 N–H and O–H groups in total. The first kappa shape index (κ1) is 15.8. The number of esters is 1. The maximum Gasteiger partial charge on any atom is 0.331 e. The van der Waals surface area contributed by atoms with E-state index in [1.165, 1.54) is 6.08 Å². The molecule has 0 aliphatic carbocycles. The third kappa shape index (κ3) is 5.06. The van der Waals surface area contributed by atoms with Gasteiger partial charge in [-0.3, -0.25) is 4.79 Å². The molecule has 1 heterocycles. The third-order valence-electron chi connectivity index (χ3n) is 2.50. The fourth-order valence-electron chi connectivity index (χ4n) is 1.56. The lowest BCUT2D eigenvalue weighted by atomic mass is 10.2. The van der Waals surface area contributed by atoms with Crippen LogP contribution in [0.2, 0.25) is 5.02 Å². The normalized spacial score (nSPS) is 10.6. The number of hydrogen-bond donors (Lipinski definition) is 1. The van der Waals surface area contributed by atoms with Gasteiger partial charge in [0.2, 0.25) is 0 Å². The molecule has 114 valence electrons. The molecule has 1 aromatic carbocycles. The van der Waals surface area contributed by atoms with E-state index < -0.39 is 18.5 Å². The van der Waals surface area contributed by atoms with Gasteiger partial charge in [-0.15, -0.1) is 0 Å². The molecule has 0 aliphatic heterocycles. The van der Waals surface area contributed by atoms with Gasteiger partial charge in [0.05, 0.1) is 0 Å². The Morgan fingerprint density at radius 3 is 2.91 bits per heavy atom. The van der Waals surface area contributed by atoms with E-state index in [4.69, 9.17) is 20.9 Å². The molecule has 0 atom stereocenters. The molecule has 1 amide bonds. The number of carbonyl (C=O) groups excluding carboxylic acids is 2. The van der Waals surface area contributed by atoms with Crippen molar-refractivity contribution in [3.05, 3.63) is 52.8 Å². The summed E-state index contributed by atoms with van der Waals surface area (Å²) >= 11 is 5.83. The first-order chi connectivity index (χ1) is 10.5. The highest BCUT2D eigenvalue weighted by atomic mass is 35.5. The van der Waals surface area contributed by atoms with E-state index in [1.54, 1.807) is 43.3 Å². The Morgan fingerprint density at radius 1 is 1.41 bits per heavy atom. The van der Waals surface area contributed by atoms with E-state index in [0.717, 1.165) is 5.56 Å². The summed E-state index contributed by atoms with van der Waals surface area (Å²) in [4.78, 5) is 23.0. The summed E-state index contributed by atoms with van der Waals surface area (Å²) < 4.78 is 9.60. The molecule has 0 fully saturated rings. The Kier molecular flexibility index (Phi) is 5.32. The zero-order valence-electron chi connectivity index (χ0n) is 11.7. The number of ether oxygens (including phenoxy) is 1. The SMILES string of the molecule is Cc1cc(NC(=O)COC(=O)/C=C/c2cccc(Cl)c2)no1. The Balaban J connectivity index is 1.78. The molecule has 0 bridgehead atoms. The maximum absolute atomic E-state index is 11.5. The Labute approximate surface area is 131 Å². The quantitative estimate of drug-likeness (QED) is 0.676. The first-order valence-electron chi connectivity index (χ1n) is 6.36. The van der Waals surface area contributed by atoms with Crippen LogP contribution >= 0.6 is 11.6 Å². The lowest BCUT2D eigenvalue weighted by Gasteiger charge is -2.01. The van der Waals surface area contributed by atoms with Crippen molar-refractivity contribution in [3.8, 4) is 0 Å². The van der Waals surface area contributed by atoms with Gasteiger partial charge in [0.15, 0.2) is 12.4 Å². The van der Waals surface area contributed by atoms with Crippen molar-refractivity contribution in [2.45, 2.75) is 6.92 Å². The topological polar surface area (TPSA) is 81.4 Å². The summed E-state index contributed by atoms with van der Waals surface area (Å²) in [6.45, 7) is 1.29. The number of aryl methyl sites for hydroxylation is 1. The summed E-state index contributed by atoms with van der Waals surface area (Å²) in [5.74, 6) is -0.297. The standard InChI is InChI=1S/C15H13ClN2O4/c1-10-7-13(18-22-10)17-14(19)9-21-15(20)6-5-11-3-2-4-12(16)8-11/h2-8H,9H2,1H3,(H,17,18,19)/b6-5+. The molecule has 0 spiro atoms. The predicted molar refractivity (Wildman–Crippen MR) is 81.3 cm³/mol. The molecule has 2 rings (SSSR count). The van der Waals surface area contributed by atoms with Crippen LogP contribution < -0.4 is 5.32 Å². The molecule has 2 aromatic rings. The number of amides is 1. The molecule has 22 heavy (non-hydrogen) atoms. The number of anilines is 1. The zero-order valence-corrected chi connectivity index (χ0v) is 12.5. The van der Waals surface area contributed by atoms with Crippen LogP contribution in [0.25, 0.3) is 6.08 Å². The van der Waals surface area contributed by atoms with Crippen molar-refractivity contribution in [1.29, 1.82) is 0 Å². The lowest BCUT2D eigenvalue weighted by Crippen LogP contribution is -2.20. The fraction of sp³-hybridized carbons (Fsp3) is 0.133. The zero-order chi connectivity index (χ0) is 15.9. The minimum absolute atomic E-state index is 0.271. The minimum atomic E-state index is -0.633. The molecule has 0 saturated carbocycles. The summed E-state index contributed by atoms with van der Waals surface area (Å²) in [5.41, 5.74) is 0.756. The monoisotopic (exact) mass is 320 g/mol. The fourth-order valence-corrected chi connectivity index (χ4v) is 1.76. The van der Waals surface area contributed by atoms with E-state index in [0.29, 0.717) is 10.8 Å². The van der Waals surface area contributed by atoms with Gasteiger partial charge in [0.1, 0.15) is 5.76 Å². The Morgan fingerprint density at radius 2 is 2.23 bits per heavy atom. The third-order valence-corrected chi connectivity index (χ3v) is 2.74. The average Bonchev–Trinajstić information content (AvgIpc) is 2.88. The predicted octanol–water partition coefficient (Wildman–Crippen LogP) is 2.83. The van der Waals surface area contributed by atoms with Gasteiger partial charge in [-0.05, 0) is 30.7 Å². The summed E-state index contributed by atoms with van der Waals surface area (Å²) in [7, 11) is 0. The summed E-state index contributed by atoms with van der Waals surface area (Å²) in [6, 6.07) is 8.53. The van der Waals surface area contributed by atoms with E-state index in [-0.39, 0.29) is 5.82 Å². The van der Waals surface area contributed by atoms with Crippen LogP contribution in [0.4, 0.5) is 5.82 Å². The number of nitrogens with zero attached hydrogens (tertiary/aromatic N) is 1. The second kappa shape index (κ2) is 7.42. The number of halogens is 1. The number of aromatic nitrogens is 1.